The molecule has 3 rings (SSSR count). The summed E-state index contributed by atoms with van der Waals surface area (Å²) in [4.78, 5) is 31.8. The van der Waals surface area contributed by atoms with Gasteiger partial charge in [-0.3, -0.25) is 14.6 Å². The van der Waals surface area contributed by atoms with Crippen LogP contribution in [-0.4, -0.2) is 30.9 Å². The van der Waals surface area contributed by atoms with Crippen molar-refractivity contribution in [1.29, 1.82) is 0 Å². The molecule has 1 heterocycles. The van der Waals surface area contributed by atoms with Crippen LogP contribution >= 0.6 is 0 Å². The van der Waals surface area contributed by atoms with E-state index in [2.05, 4.69) is 15.6 Å². The lowest BCUT2D eigenvalue weighted by Gasteiger charge is -2.20. The molecule has 0 fully saturated rings. The number of anilines is 2. The predicted molar refractivity (Wildman–Crippen MR) is 124 cm³/mol. The maximum absolute atomic E-state index is 12.9. The van der Waals surface area contributed by atoms with E-state index in [9.17, 15) is 9.59 Å². The monoisotopic (exact) mass is 416 g/mol. The van der Waals surface area contributed by atoms with Crippen LogP contribution in [-0.2, 0) is 11.3 Å². The first kappa shape index (κ1) is 22.0. The van der Waals surface area contributed by atoms with Gasteiger partial charge >= 0.3 is 0 Å². The number of hydrogen-bond donors (Lipinski definition) is 2. The highest BCUT2D eigenvalue weighted by molar-refractivity contribution is 6.02. The van der Waals surface area contributed by atoms with Gasteiger partial charge < -0.3 is 15.5 Å². The summed E-state index contributed by atoms with van der Waals surface area (Å²) in [7, 11) is 3.77. The third kappa shape index (κ3) is 5.69. The quantitative estimate of drug-likeness (QED) is 0.577. The molecule has 0 spiro atoms. The fourth-order valence-electron chi connectivity index (χ4n) is 3.45. The summed E-state index contributed by atoms with van der Waals surface area (Å²) < 4.78 is 0. The molecule has 0 saturated heterocycles. The predicted octanol–water partition coefficient (Wildman–Crippen LogP) is 4.21. The Bertz CT molecular complexity index is 1020. The van der Waals surface area contributed by atoms with E-state index >= 15 is 0 Å². The molecule has 6 heteroatoms. The first-order valence-corrected chi connectivity index (χ1v) is 10.3. The zero-order chi connectivity index (χ0) is 22.2. The molecule has 160 valence electrons. The van der Waals surface area contributed by atoms with Crippen LogP contribution < -0.4 is 15.5 Å². The van der Waals surface area contributed by atoms with Gasteiger partial charge in [-0.25, -0.2) is 0 Å². The van der Waals surface area contributed by atoms with Crippen LogP contribution in [0.1, 0.15) is 40.7 Å². The van der Waals surface area contributed by atoms with Gasteiger partial charge in [-0.15, -0.1) is 0 Å². The smallest absolute Gasteiger partial charge is 0.253 e. The normalized spacial score (nSPS) is 11.5. The standard InChI is InChI=1S/C25H28N4O2/c1-4-21(19-10-6-5-7-11-19)25(31)28-20-12-13-23(29(2)3)22(15-20)24(30)27-17-18-9-8-14-26-16-18/h5-16,21H,4,17H2,1-3H3,(H,27,30)(H,28,31). The van der Waals surface area contributed by atoms with E-state index in [0.717, 1.165) is 16.8 Å². The number of pyridine rings is 1. The summed E-state index contributed by atoms with van der Waals surface area (Å²) in [5, 5.41) is 5.91. The Morgan fingerprint density at radius 2 is 1.81 bits per heavy atom. The summed E-state index contributed by atoms with van der Waals surface area (Å²) in [6.07, 6.45) is 4.10. The van der Waals surface area contributed by atoms with E-state index in [-0.39, 0.29) is 17.7 Å². The number of hydrogen-bond acceptors (Lipinski definition) is 4. The molecule has 0 radical (unpaired) electrons. The first-order valence-electron chi connectivity index (χ1n) is 10.3. The van der Waals surface area contributed by atoms with E-state index in [1.807, 2.05) is 80.5 Å². The molecule has 31 heavy (non-hydrogen) atoms. The molecule has 0 aliphatic carbocycles. The Morgan fingerprint density at radius 1 is 1.03 bits per heavy atom. The minimum absolute atomic E-state index is 0.0898. The molecule has 0 bridgehead atoms. The number of aromatic nitrogens is 1. The van der Waals surface area contributed by atoms with Gasteiger partial charge in [0.1, 0.15) is 0 Å². The second-order valence-corrected chi connectivity index (χ2v) is 7.53. The largest absolute Gasteiger partial charge is 0.377 e. The number of benzene rings is 2. The van der Waals surface area contributed by atoms with Gasteiger partial charge in [0.05, 0.1) is 11.5 Å². The number of amides is 2. The summed E-state index contributed by atoms with van der Waals surface area (Å²) >= 11 is 0. The van der Waals surface area contributed by atoms with E-state index in [1.165, 1.54) is 0 Å². The third-order valence-corrected chi connectivity index (χ3v) is 5.09. The van der Waals surface area contributed by atoms with Crippen molar-refractivity contribution in [1.82, 2.24) is 10.3 Å². The number of nitrogens with one attached hydrogen (secondary N) is 2. The highest BCUT2D eigenvalue weighted by atomic mass is 16.2. The van der Waals surface area contributed by atoms with Crippen LogP contribution in [0.25, 0.3) is 0 Å². The Balaban J connectivity index is 1.79. The second-order valence-electron chi connectivity index (χ2n) is 7.53. The van der Waals surface area contributed by atoms with E-state index < -0.39 is 0 Å². The maximum Gasteiger partial charge on any atom is 0.253 e. The molecule has 1 aromatic heterocycles. The van der Waals surface area contributed by atoms with Crippen molar-refractivity contribution < 1.29 is 9.59 Å². The minimum Gasteiger partial charge on any atom is -0.377 e. The van der Waals surface area contributed by atoms with Crippen molar-refractivity contribution >= 4 is 23.2 Å². The topological polar surface area (TPSA) is 74.3 Å². The molecule has 0 aliphatic heterocycles. The molecule has 2 N–H and O–H groups in total. The fourth-order valence-corrected chi connectivity index (χ4v) is 3.45. The minimum atomic E-state index is -0.252. The first-order chi connectivity index (χ1) is 15.0. The molecule has 0 aliphatic rings. The van der Waals surface area contributed by atoms with Crippen molar-refractivity contribution in [2.45, 2.75) is 25.8 Å². The van der Waals surface area contributed by atoms with Crippen molar-refractivity contribution in [2.75, 3.05) is 24.3 Å². The number of rotatable bonds is 8. The van der Waals surface area contributed by atoms with Crippen molar-refractivity contribution in [3.05, 3.63) is 89.7 Å². The summed E-state index contributed by atoms with van der Waals surface area (Å²) in [6, 6.07) is 18.9. The van der Waals surface area contributed by atoms with Gasteiger partial charge in [0, 0.05) is 44.4 Å². The molecule has 3 aromatic rings. The summed E-state index contributed by atoms with van der Waals surface area (Å²) in [5.74, 6) is -0.552. The molecule has 2 aromatic carbocycles. The Kier molecular flexibility index (Phi) is 7.38. The van der Waals surface area contributed by atoms with Crippen LogP contribution in [0.2, 0.25) is 0 Å². The van der Waals surface area contributed by atoms with Gasteiger partial charge in [-0.2, -0.15) is 0 Å². The molecular weight excluding hydrogens is 388 g/mol. The average molecular weight is 417 g/mol. The second kappa shape index (κ2) is 10.4. The zero-order valence-corrected chi connectivity index (χ0v) is 18.1. The maximum atomic E-state index is 12.9. The molecule has 2 amide bonds. The van der Waals surface area contributed by atoms with Crippen LogP contribution in [0, 0.1) is 0 Å². The summed E-state index contributed by atoms with van der Waals surface area (Å²) in [5.41, 5.74) is 3.76. The number of nitrogens with zero attached hydrogens (tertiary/aromatic N) is 2. The SMILES string of the molecule is CCC(C(=O)Nc1ccc(N(C)C)c(C(=O)NCc2cccnc2)c1)c1ccccc1. The fraction of sp³-hybridized carbons (Fsp3) is 0.240. The van der Waals surface area contributed by atoms with Crippen molar-refractivity contribution in [3.8, 4) is 0 Å². The molecule has 6 nitrogen and oxygen atoms in total. The molecule has 0 saturated carbocycles. The Morgan fingerprint density at radius 3 is 2.45 bits per heavy atom. The average Bonchev–Trinajstić information content (AvgIpc) is 2.79. The highest BCUT2D eigenvalue weighted by Gasteiger charge is 2.20. The number of carbonyl (C=O) groups excluding carboxylic acids is 2. The van der Waals surface area contributed by atoms with Gasteiger partial charge in [-0.05, 0) is 41.8 Å². The lowest BCUT2D eigenvalue weighted by Crippen LogP contribution is -2.26. The summed E-state index contributed by atoms with van der Waals surface area (Å²) in [6.45, 7) is 2.37. The van der Waals surface area contributed by atoms with Crippen LogP contribution in [0.4, 0.5) is 11.4 Å². The highest BCUT2D eigenvalue weighted by Crippen LogP contribution is 2.26. The van der Waals surface area contributed by atoms with Gasteiger partial charge in [-0.1, -0.05) is 43.3 Å². The third-order valence-electron chi connectivity index (χ3n) is 5.09. The van der Waals surface area contributed by atoms with Gasteiger partial charge in [0.15, 0.2) is 0 Å². The van der Waals surface area contributed by atoms with Gasteiger partial charge in [0.2, 0.25) is 5.91 Å². The van der Waals surface area contributed by atoms with Crippen LogP contribution in [0.5, 0.6) is 0 Å². The zero-order valence-electron chi connectivity index (χ0n) is 18.1. The van der Waals surface area contributed by atoms with Crippen LogP contribution in [0.3, 0.4) is 0 Å². The van der Waals surface area contributed by atoms with Crippen molar-refractivity contribution in [2.24, 2.45) is 0 Å². The molecule has 1 unspecified atom stereocenters. The van der Waals surface area contributed by atoms with Crippen LogP contribution in [0.15, 0.2) is 73.1 Å². The Hall–Kier alpha value is -3.67. The lowest BCUT2D eigenvalue weighted by atomic mass is 9.95. The van der Waals surface area contributed by atoms with Crippen molar-refractivity contribution in [3.63, 3.8) is 0 Å². The molecule has 1 atom stereocenters. The van der Waals surface area contributed by atoms with E-state index in [4.69, 9.17) is 0 Å². The van der Waals surface area contributed by atoms with E-state index in [1.54, 1.807) is 18.5 Å². The van der Waals surface area contributed by atoms with E-state index in [0.29, 0.717) is 24.2 Å². The van der Waals surface area contributed by atoms with Gasteiger partial charge in [0.25, 0.3) is 5.91 Å². The number of carbonyl (C=O) groups is 2. The molecular formula is C25H28N4O2. The Labute approximate surface area is 183 Å². The lowest BCUT2D eigenvalue weighted by molar-refractivity contribution is -0.117.